The van der Waals surface area contributed by atoms with Crippen molar-refractivity contribution < 1.29 is 0 Å². The Balaban J connectivity index is 0.00000200. The van der Waals surface area contributed by atoms with Gasteiger partial charge in [0.1, 0.15) is 0 Å². The summed E-state index contributed by atoms with van der Waals surface area (Å²) in [6.45, 7) is 2.04. The Morgan fingerprint density at radius 1 is 1.25 bits per heavy atom. The molecular weight excluding hydrogens is 288 g/mol. The number of hydrogen-bond donors (Lipinski definition) is 1. The molecule has 0 bridgehead atoms. The van der Waals surface area contributed by atoms with E-state index in [0.717, 1.165) is 31.6 Å². The Morgan fingerprint density at radius 3 is 2.50 bits per heavy atom. The van der Waals surface area contributed by atoms with Crippen molar-refractivity contribution in [1.29, 1.82) is 0 Å². The number of thiocarbonyl (C=S) groups is 1. The van der Waals surface area contributed by atoms with Crippen LogP contribution in [0.15, 0.2) is 30.0 Å². The number of halogens is 1. The van der Waals surface area contributed by atoms with Crippen LogP contribution < -0.4 is 5.32 Å². The Hall–Kier alpha value is -0.860. The van der Waals surface area contributed by atoms with Gasteiger partial charge in [-0.1, -0.05) is 24.3 Å². The maximum Gasteiger partial charge on any atom is 0.0656 e. The molecule has 1 unspecified atom stereocenters. The fourth-order valence-corrected chi connectivity index (χ4v) is 2.78. The Kier molecular flexibility index (Phi) is 7.25. The summed E-state index contributed by atoms with van der Waals surface area (Å²) in [6.07, 6.45) is 3.41. The van der Waals surface area contributed by atoms with Crippen molar-refractivity contribution in [2.45, 2.75) is 25.8 Å². The third-order valence-electron chi connectivity index (χ3n) is 3.55. The number of rotatable bonds is 4. The zero-order chi connectivity index (χ0) is 13.7. The average molecular weight is 311 g/mol. The molecule has 2 rings (SSSR count). The van der Waals surface area contributed by atoms with Gasteiger partial charge in [0.15, 0.2) is 0 Å². The molecule has 0 spiro atoms. The largest absolute Gasteiger partial charge is 0.381 e. The smallest absolute Gasteiger partial charge is 0.0656 e. The van der Waals surface area contributed by atoms with Crippen molar-refractivity contribution in [1.82, 2.24) is 10.2 Å². The van der Waals surface area contributed by atoms with Crippen molar-refractivity contribution in [3.8, 4) is 0 Å². The van der Waals surface area contributed by atoms with Crippen LogP contribution in [0.4, 0.5) is 0 Å². The van der Waals surface area contributed by atoms with Crippen molar-refractivity contribution in [3.63, 3.8) is 0 Å². The lowest BCUT2D eigenvalue weighted by atomic mass is 9.89. The van der Waals surface area contributed by atoms with Crippen LogP contribution in [-0.4, -0.2) is 30.6 Å². The van der Waals surface area contributed by atoms with Crippen molar-refractivity contribution in [2.75, 3.05) is 20.6 Å². The molecule has 0 amide bonds. The van der Waals surface area contributed by atoms with E-state index >= 15 is 0 Å². The number of benzene rings is 1. The summed E-state index contributed by atoms with van der Waals surface area (Å²) < 4.78 is 0. The molecule has 1 fully saturated rings. The van der Waals surface area contributed by atoms with Gasteiger partial charge in [-0.3, -0.25) is 0 Å². The lowest BCUT2D eigenvalue weighted by molar-refractivity contribution is 0.402. The lowest BCUT2D eigenvalue weighted by Gasteiger charge is -2.24. The van der Waals surface area contributed by atoms with Gasteiger partial charge in [0.25, 0.3) is 0 Å². The predicted octanol–water partition coefficient (Wildman–Crippen LogP) is 3.19. The van der Waals surface area contributed by atoms with Gasteiger partial charge < -0.3 is 10.2 Å². The molecule has 1 aromatic carbocycles. The molecule has 1 heterocycles. The van der Waals surface area contributed by atoms with Gasteiger partial charge >= 0.3 is 0 Å². The first-order valence-electron chi connectivity index (χ1n) is 6.88. The SMILES string of the molecule is CN(C)Cc1ccc(CC2CCNC(=C=S)C2)cc1.Cl. The highest BCUT2D eigenvalue weighted by Crippen LogP contribution is 2.22. The first-order chi connectivity index (χ1) is 9.17. The van der Waals surface area contributed by atoms with Gasteiger partial charge in [0.05, 0.1) is 5.70 Å². The van der Waals surface area contributed by atoms with E-state index in [9.17, 15) is 0 Å². The topological polar surface area (TPSA) is 15.3 Å². The molecule has 0 saturated carbocycles. The molecule has 1 aromatic rings. The van der Waals surface area contributed by atoms with Crippen LogP contribution in [0.25, 0.3) is 0 Å². The van der Waals surface area contributed by atoms with Crippen LogP contribution in [0.3, 0.4) is 0 Å². The monoisotopic (exact) mass is 310 g/mol. The van der Waals surface area contributed by atoms with E-state index in [1.54, 1.807) is 0 Å². The summed E-state index contributed by atoms with van der Waals surface area (Å²) in [5.41, 5.74) is 3.91. The molecule has 0 aromatic heterocycles. The van der Waals surface area contributed by atoms with Gasteiger partial charge in [-0.2, -0.15) is 0 Å². The Labute approximate surface area is 133 Å². The Morgan fingerprint density at radius 2 is 1.90 bits per heavy atom. The first kappa shape index (κ1) is 17.2. The molecule has 1 saturated heterocycles. The third kappa shape index (κ3) is 5.26. The minimum Gasteiger partial charge on any atom is -0.381 e. The fourth-order valence-electron chi connectivity index (χ4n) is 2.62. The average Bonchev–Trinajstić information content (AvgIpc) is 2.41. The third-order valence-corrected chi connectivity index (χ3v) is 3.80. The number of piperidine rings is 1. The summed E-state index contributed by atoms with van der Waals surface area (Å²) in [6, 6.07) is 9.02. The van der Waals surface area contributed by atoms with E-state index in [1.807, 2.05) is 0 Å². The van der Waals surface area contributed by atoms with E-state index in [2.05, 4.69) is 53.6 Å². The number of nitrogens with one attached hydrogen (secondary N) is 1. The van der Waals surface area contributed by atoms with Gasteiger partial charge in [0, 0.05) is 13.1 Å². The molecule has 0 radical (unpaired) electrons. The van der Waals surface area contributed by atoms with Crippen LogP contribution in [0, 0.1) is 5.92 Å². The molecular formula is C16H23ClN2S. The summed E-state index contributed by atoms with van der Waals surface area (Å²) in [4.78, 5) is 2.19. The zero-order valence-electron chi connectivity index (χ0n) is 12.2. The first-order valence-corrected chi connectivity index (χ1v) is 7.28. The molecule has 1 N–H and O–H groups in total. The van der Waals surface area contributed by atoms with E-state index in [4.69, 9.17) is 12.2 Å². The van der Waals surface area contributed by atoms with Crippen LogP contribution >= 0.6 is 24.6 Å². The standard InChI is InChI=1S/C16H22N2S.ClH/c1-18(2)11-14-5-3-13(4-6-14)9-15-7-8-17-16(10-15)12-19;/h3-6,15,17H,7-11H2,1-2H3;1H. The van der Waals surface area contributed by atoms with Crippen molar-refractivity contribution in [2.24, 2.45) is 5.92 Å². The van der Waals surface area contributed by atoms with Crippen LogP contribution in [0.1, 0.15) is 24.0 Å². The highest BCUT2D eigenvalue weighted by molar-refractivity contribution is 7.78. The molecule has 1 aliphatic rings. The fraction of sp³-hybridized carbons (Fsp3) is 0.500. The Bertz CT molecular complexity index is 464. The van der Waals surface area contributed by atoms with E-state index in [1.165, 1.54) is 17.5 Å². The number of allylic oxidation sites excluding steroid dienone is 1. The second-order valence-corrected chi connectivity index (χ2v) is 5.83. The highest BCUT2D eigenvalue weighted by Gasteiger charge is 2.16. The van der Waals surface area contributed by atoms with Gasteiger partial charge in [0.2, 0.25) is 0 Å². The van der Waals surface area contributed by atoms with Crippen LogP contribution in [0.5, 0.6) is 0 Å². The second-order valence-electron chi connectivity index (χ2n) is 5.62. The molecule has 20 heavy (non-hydrogen) atoms. The molecule has 4 heteroatoms. The number of hydrogen-bond acceptors (Lipinski definition) is 3. The zero-order valence-corrected chi connectivity index (χ0v) is 13.8. The predicted molar refractivity (Wildman–Crippen MR) is 91.6 cm³/mol. The van der Waals surface area contributed by atoms with E-state index in [-0.39, 0.29) is 12.4 Å². The highest BCUT2D eigenvalue weighted by atomic mass is 35.5. The van der Waals surface area contributed by atoms with E-state index in [0.29, 0.717) is 5.92 Å². The van der Waals surface area contributed by atoms with Gasteiger partial charge in [-0.25, -0.2) is 0 Å². The normalized spacial score (nSPS) is 18.1. The van der Waals surface area contributed by atoms with Gasteiger partial charge in [-0.05, 0) is 67.6 Å². The molecule has 2 nitrogen and oxygen atoms in total. The second kappa shape index (κ2) is 8.43. The van der Waals surface area contributed by atoms with Crippen molar-refractivity contribution in [3.05, 3.63) is 41.1 Å². The minimum atomic E-state index is 0. The summed E-state index contributed by atoms with van der Waals surface area (Å²) in [7, 11) is 4.20. The van der Waals surface area contributed by atoms with Crippen LogP contribution in [0.2, 0.25) is 0 Å². The minimum absolute atomic E-state index is 0. The lowest BCUT2D eigenvalue weighted by Crippen LogP contribution is -2.27. The van der Waals surface area contributed by atoms with Gasteiger partial charge in [-0.15, -0.1) is 12.4 Å². The number of nitrogens with zero attached hydrogens (tertiary/aromatic N) is 1. The molecule has 0 aliphatic carbocycles. The van der Waals surface area contributed by atoms with Crippen molar-refractivity contribution >= 4 is 29.6 Å². The maximum atomic E-state index is 4.89. The quantitative estimate of drug-likeness (QED) is 0.860. The molecule has 1 atom stereocenters. The van der Waals surface area contributed by atoms with E-state index < -0.39 is 0 Å². The summed E-state index contributed by atoms with van der Waals surface area (Å²) in [5, 5.41) is 6.14. The summed E-state index contributed by atoms with van der Waals surface area (Å²) >= 11 is 4.89. The molecule has 1 aliphatic heterocycles. The summed E-state index contributed by atoms with van der Waals surface area (Å²) in [5.74, 6) is 0.700. The maximum absolute atomic E-state index is 4.89. The molecule has 110 valence electrons. The van der Waals surface area contributed by atoms with Crippen LogP contribution in [-0.2, 0) is 13.0 Å².